The number of hydrogen-bond acceptors (Lipinski definition) is 4. The Kier molecular flexibility index (Phi) is 6.51. The fraction of sp³-hybridized carbons (Fsp3) is 1.00. The van der Waals surface area contributed by atoms with Gasteiger partial charge in [0.15, 0.2) is 9.84 Å². The second-order valence-corrected chi connectivity index (χ2v) is 9.63. The van der Waals surface area contributed by atoms with Crippen molar-refractivity contribution in [1.82, 2.24) is 10.2 Å². The third kappa shape index (κ3) is 4.93. The summed E-state index contributed by atoms with van der Waals surface area (Å²) in [6.45, 7) is 7.65. The Labute approximate surface area is 130 Å². The van der Waals surface area contributed by atoms with Gasteiger partial charge in [0.2, 0.25) is 0 Å². The van der Waals surface area contributed by atoms with Crippen molar-refractivity contribution in [3.8, 4) is 0 Å². The monoisotopic (exact) mass is 316 g/mol. The van der Waals surface area contributed by atoms with E-state index in [1.54, 1.807) is 13.8 Å². The van der Waals surface area contributed by atoms with Crippen LogP contribution in [0.25, 0.3) is 0 Å². The quantitative estimate of drug-likeness (QED) is 0.843. The van der Waals surface area contributed by atoms with E-state index in [1.165, 1.54) is 38.5 Å². The van der Waals surface area contributed by atoms with Crippen LogP contribution >= 0.6 is 0 Å². The molecule has 2 aliphatic rings. The number of nitrogens with one attached hydrogen (secondary N) is 1. The Morgan fingerprint density at radius 3 is 2.48 bits per heavy atom. The first kappa shape index (κ1) is 17.2. The van der Waals surface area contributed by atoms with Gasteiger partial charge in [0.05, 0.1) is 11.0 Å². The van der Waals surface area contributed by atoms with Gasteiger partial charge in [-0.1, -0.05) is 12.8 Å². The predicted molar refractivity (Wildman–Crippen MR) is 88.3 cm³/mol. The van der Waals surface area contributed by atoms with Gasteiger partial charge in [0.1, 0.15) is 0 Å². The zero-order valence-electron chi connectivity index (χ0n) is 13.7. The van der Waals surface area contributed by atoms with Gasteiger partial charge in [-0.2, -0.15) is 0 Å². The topological polar surface area (TPSA) is 49.4 Å². The van der Waals surface area contributed by atoms with Crippen LogP contribution in [0.1, 0.15) is 52.4 Å². The molecular formula is C16H32N2O2S. The predicted octanol–water partition coefficient (Wildman–Crippen LogP) is 2.05. The smallest absolute Gasteiger partial charge is 0.153 e. The molecule has 0 spiro atoms. The normalized spacial score (nSPS) is 26.9. The van der Waals surface area contributed by atoms with Crippen molar-refractivity contribution >= 4 is 9.84 Å². The Morgan fingerprint density at radius 1 is 1.10 bits per heavy atom. The number of hydrogen-bond donors (Lipinski definition) is 1. The summed E-state index contributed by atoms with van der Waals surface area (Å²) in [6, 6.07) is 0.608. The summed E-state index contributed by atoms with van der Waals surface area (Å²) in [5, 5.41) is 3.19. The molecule has 1 atom stereocenters. The Hall–Kier alpha value is -0.130. The SMILES string of the molecule is CC(C)S(=O)(=O)CCN1CCCCCC1C1CCNCC1. The van der Waals surface area contributed by atoms with E-state index in [1.807, 2.05) is 0 Å². The Morgan fingerprint density at radius 2 is 1.81 bits per heavy atom. The summed E-state index contributed by atoms with van der Waals surface area (Å²) in [5.41, 5.74) is 0. The molecule has 0 aliphatic carbocycles. The lowest BCUT2D eigenvalue weighted by molar-refractivity contribution is 0.129. The molecule has 2 rings (SSSR count). The van der Waals surface area contributed by atoms with Gasteiger partial charge in [-0.15, -0.1) is 0 Å². The van der Waals surface area contributed by atoms with E-state index < -0.39 is 9.84 Å². The average Bonchev–Trinajstić information content (AvgIpc) is 2.71. The second kappa shape index (κ2) is 7.93. The van der Waals surface area contributed by atoms with Crippen LogP contribution < -0.4 is 5.32 Å². The van der Waals surface area contributed by atoms with Crippen molar-refractivity contribution in [3.63, 3.8) is 0 Å². The lowest BCUT2D eigenvalue weighted by Crippen LogP contribution is -2.46. The number of nitrogens with zero attached hydrogens (tertiary/aromatic N) is 1. The van der Waals surface area contributed by atoms with E-state index in [9.17, 15) is 8.42 Å². The van der Waals surface area contributed by atoms with Gasteiger partial charge in [-0.25, -0.2) is 8.42 Å². The second-order valence-electron chi connectivity index (χ2n) is 6.96. The summed E-state index contributed by atoms with van der Waals surface area (Å²) in [7, 11) is -2.92. The van der Waals surface area contributed by atoms with Crippen LogP contribution in [0.15, 0.2) is 0 Å². The highest BCUT2D eigenvalue weighted by molar-refractivity contribution is 7.92. The molecule has 0 aromatic rings. The number of likely N-dealkylation sites (tertiary alicyclic amines) is 1. The molecule has 1 unspecified atom stereocenters. The van der Waals surface area contributed by atoms with Crippen molar-refractivity contribution in [3.05, 3.63) is 0 Å². The molecule has 0 bridgehead atoms. The molecule has 2 fully saturated rings. The van der Waals surface area contributed by atoms with Gasteiger partial charge in [0, 0.05) is 12.6 Å². The van der Waals surface area contributed by atoms with Crippen LogP contribution in [0, 0.1) is 5.92 Å². The van der Waals surface area contributed by atoms with Crippen molar-refractivity contribution < 1.29 is 8.42 Å². The third-order valence-corrected chi connectivity index (χ3v) is 7.41. The molecule has 5 heteroatoms. The van der Waals surface area contributed by atoms with Crippen LogP contribution in [-0.2, 0) is 9.84 Å². The van der Waals surface area contributed by atoms with Crippen molar-refractivity contribution in [1.29, 1.82) is 0 Å². The molecule has 0 aromatic heterocycles. The van der Waals surface area contributed by atoms with Gasteiger partial charge in [0.25, 0.3) is 0 Å². The maximum Gasteiger partial charge on any atom is 0.153 e. The molecule has 4 nitrogen and oxygen atoms in total. The Balaban J connectivity index is 1.98. The van der Waals surface area contributed by atoms with Crippen LogP contribution in [-0.4, -0.2) is 56.5 Å². The minimum absolute atomic E-state index is 0.248. The van der Waals surface area contributed by atoms with Gasteiger partial charge < -0.3 is 5.32 Å². The lowest BCUT2D eigenvalue weighted by atomic mass is 9.87. The fourth-order valence-electron chi connectivity index (χ4n) is 3.71. The van der Waals surface area contributed by atoms with E-state index in [-0.39, 0.29) is 5.25 Å². The zero-order chi connectivity index (χ0) is 15.3. The van der Waals surface area contributed by atoms with Crippen molar-refractivity contribution in [2.45, 2.75) is 63.7 Å². The highest BCUT2D eigenvalue weighted by Crippen LogP contribution is 2.28. The highest BCUT2D eigenvalue weighted by Gasteiger charge is 2.30. The summed E-state index contributed by atoms with van der Waals surface area (Å²) in [4.78, 5) is 2.50. The maximum absolute atomic E-state index is 12.1. The summed E-state index contributed by atoms with van der Waals surface area (Å²) in [6.07, 6.45) is 7.59. The Bertz CT molecular complexity index is 403. The molecule has 124 valence electrons. The molecule has 2 aliphatic heterocycles. The lowest BCUT2D eigenvalue weighted by Gasteiger charge is -2.38. The average molecular weight is 317 g/mol. The van der Waals surface area contributed by atoms with Crippen LogP contribution in [0.4, 0.5) is 0 Å². The van der Waals surface area contributed by atoms with E-state index in [0.717, 1.165) is 32.1 Å². The first-order valence-corrected chi connectivity index (χ1v) is 10.4. The highest BCUT2D eigenvalue weighted by atomic mass is 32.2. The van der Waals surface area contributed by atoms with Gasteiger partial charge in [-0.3, -0.25) is 4.90 Å². The minimum Gasteiger partial charge on any atom is -0.317 e. The standard InChI is InChI=1S/C16H32N2O2S/c1-14(2)21(19,20)13-12-18-11-5-3-4-6-16(18)15-7-9-17-10-8-15/h14-17H,3-13H2,1-2H3. The fourth-order valence-corrected chi connectivity index (χ4v) is 4.67. The molecule has 0 amide bonds. The molecule has 21 heavy (non-hydrogen) atoms. The van der Waals surface area contributed by atoms with Crippen LogP contribution in [0.3, 0.4) is 0 Å². The van der Waals surface area contributed by atoms with E-state index >= 15 is 0 Å². The largest absolute Gasteiger partial charge is 0.317 e. The third-order valence-electron chi connectivity index (χ3n) is 5.22. The molecule has 0 saturated carbocycles. The summed E-state index contributed by atoms with van der Waals surface area (Å²) < 4.78 is 24.2. The maximum atomic E-state index is 12.1. The first-order valence-electron chi connectivity index (χ1n) is 8.67. The molecule has 2 heterocycles. The summed E-state index contributed by atoms with van der Waals surface area (Å²) in [5.74, 6) is 1.08. The molecule has 0 radical (unpaired) electrons. The van der Waals surface area contributed by atoms with Crippen molar-refractivity contribution in [2.75, 3.05) is 31.9 Å². The summed E-state index contributed by atoms with van der Waals surface area (Å²) >= 11 is 0. The van der Waals surface area contributed by atoms with Gasteiger partial charge >= 0.3 is 0 Å². The molecule has 0 aromatic carbocycles. The minimum atomic E-state index is -2.92. The zero-order valence-corrected chi connectivity index (χ0v) is 14.5. The van der Waals surface area contributed by atoms with E-state index in [4.69, 9.17) is 0 Å². The number of piperidine rings is 1. The number of rotatable bonds is 5. The number of sulfone groups is 1. The van der Waals surface area contributed by atoms with E-state index in [2.05, 4.69) is 10.2 Å². The molecule has 1 N–H and O–H groups in total. The molecular weight excluding hydrogens is 284 g/mol. The van der Waals surface area contributed by atoms with E-state index in [0.29, 0.717) is 11.8 Å². The molecule has 2 saturated heterocycles. The first-order chi connectivity index (χ1) is 10.0. The van der Waals surface area contributed by atoms with Gasteiger partial charge in [-0.05, 0) is 65.1 Å². The van der Waals surface area contributed by atoms with Crippen LogP contribution in [0.2, 0.25) is 0 Å². The van der Waals surface area contributed by atoms with Crippen LogP contribution in [0.5, 0.6) is 0 Å². The van der Waals surface area contributed by atoms with Crippen molar-refractivity contribution in [2.24, 2.45) is 5.92 Å².